The lowest BCUT2D eigenvalue weighted by Gasteiger charge is -2.13. The Balaban J connectivity index is 1.65. The summed E-state index contributed by atoms with van der Waals surface area (Å²) in [5, 5.41) is 24.1. The number of carbonyl (C=O) groups is 2. The quantitative estimate of drug-likeness (QED) is 0.591. The number of amides is 2. The molecule has 0 fully saturated rings. The van der Waals surface area contributed by atoms with Gasteiger partial charge >= 0.3 is 12.0 Å². The fourth-order valence-corrected chi connectivity index (χ4v) is 2.30. The molecule has 0 aliphatic heterocycles. The zero-order chi connectivity index (χ0) is 18.1. The molecule has 6 nitrogen and oxygen atoms in total. The number of aliphatic hydroxyl groups excluding tert-OH is 1. The number of carbonyl (C=O) groups excluding carboxylic acids is 1. The standard InChI is InChI=1S/C19H22N2O4/c22-17(11-8-14-4-2-1-3-5-14)13-21-19(25)20-12-15-6-9-16(10-7-15)18(23)24/h1-7,9-10,17,22H,8,11-13H2,(H,23,24)(H2,20,21,25). The van der Waals surface area contributed by atoms with Crippen molar-refractivity contribution >= 4 is 12.0 Å². The number of benzene rings is 2. The topological polar surface area (TPSA) is 98.7 Å². The van der Waals surface area contributed by atoms with Crippen molar-refractivity contribution in [2.24, 2.45) is 0 Å². The van der Waals surface area contributed by atoms with Gasteiger partial charge in [-0.1, -0.05) is 42.5 Å². The van der Waals surface area contributed by atoms with Gasteiger partial charge in [0.25, 0.3) is 0 Å². The molecule has 6 heteroatoms. The summed E-state index contributed by atoms with van der Waals surface area (Å²) in [4.78, 5) is 22.5. The number of aliphatic hydroxyl groups is 1. The van der Waals surface area contributed by atoms with Crippen LogP contribution < -0.4 is 10.6 Å². The number of carboxylic acid groups (broad SMARTS) is 1. The van der Waals surface area contributed by atoms with Crippen molar-refractivity contribution in [2.75, 3.05) is 6.54 Å². The molecule has 2 aromatic rings. The third-order valence-electron chi connectivity index (χ3n) is 3.76. The lowest BCUT2D eigenvalue weighted by Crippen LogP contribution is -2.39. The molecular formula is C19H22N2O4. The number of hydrogen-bond donors (Lipinski definition) is 4. The largest absolute Gasteiger partial charge is 0.478 e. The predicted molar refractivity (Wildman–Crippen MR) is 94.4 cm³/mol. The van der Waals surface area contributed by atoms with Crippen molar-refractivity contribution < 1.29 is 19.8 Å². The SMILES string of the molecule is O=C(NCc1ccc(C(=O)O)cc1)NCC(O)CCc1ccccc1. The highest BCUT2D eigenvalue weighted by Gasteiger charge is 2.08. The van der Waals surface area contributed by atoms with E-state index < -0.39 is 12.1 Å². The maximum atomic E-state index is 11.7. The van der Waals surface area contributed by atoms with Crippen LogP contribution in [0.1, 0.15) is 27.9 Å². The van der Waals surface area contributed by atoms with Gasteiger partial charge in [0, 0.05) is 13.1 Å². The number of nitrogens with one attached hydrogen (secondary N) is 2. The first-order valence-corrected chi connectivity index (χ1v) is 8.10. The highest BCUT2D eigenvalue weighted by Crippen LogP contribution is 2.05. The summed E-state index contributed by atoms with van der Waals surface area (Å²) in [5.74, 6) is -0.984. The molecule has 0 aliphatic rings. The number of hydrogen-bond acceptors (Lipinski definition) is 3. The average molecular weight is 342 g/mol. The van der Waals surface area contributed by atoms with Crippen LogP contribution in [-0.4, -0.2) is 34.9 Å². The molecule has 0 saturated carbocycles. The first-order valence-electron chi connectivity index (χ1n) is 8.10. The van der Waals surface area contributed by atoms with Gasteiger partial charge in [0.2, 0.25) is 0 Å². The van der Waals surface area contributed by atoms with Gasteiger partial charge in [-0.3, -0.25) is 0 Å². The molecule has 0 aromatic heterocycles. The zero-order valence-electron chi connectivity index (χ0n) is 13.8. The summed E-state index contributed by atoms with van der Waals surface area (Å²) in [6, 6.07) is 15.8. The van der Waals surface area contributed by atoms with E-state index in [1.165, 1.54) is 12.1 Å². The van der Waals surface area contributed by atoms with E-state index in [0.717, 1.165) is 17.5 Å². The van der Waals surface area contributed by atoms with Gasteiger partial charge in [-0.05, 0) is 36.1 Å². The number of rotatable bonds is 8. The maximum Gasteiger partial charge on any atom is 0.335 e. The Bertz CT molecular complexity index is 686. The molecular weight excluding hydrogens is 320 g/mol. The highest BCUT2D eigenvalue weighted by atomic mass is 16.4. The van der Waals surface area contributed by atoms with Gasteiger partial charge in [-0.2, -0.15) is 0 Å². The summed E-state index contributed by atoms with van der Waals surface area (Å²) >= 11 is 0. The lowest BCUT2D eigenvalue weighted by atomic mass is 10.1. The van der Waals surface area contributed by atoms with Crippen LogP contribution in [0.4, 0.5) is 4.79 Å². The van der Waals surface area contributed by atoms with Gasteiger partial charge in [0.15, 0.2) is 0 Å². The molecule has 0 heterocycles. The van der Waals surface area contributed by atoms with Gasteiger partial charge in [0.05, 0.1) is 11.7 Å². The Kier molecular flexibility index (Phi) is 6.98. The molecule has 2 aromatic carbocycles. The van der Waals surface area contributed by atoms with E-state index in [4.69, 9.17) is 5.11 Å². The van der Waals surface area contributed by atoms with Crippen LogP contribution in [0.3, 0.4) is 0 Å². The Morgan fingerprint density at radius 3 is 2.24 bits per heavy atom. The smallest absolute Gasteiger partial charge is 0.335 e. The van der Waals surface area contributed by atoms with Crippen LogP contribution >= 0.6 is 0 Å². The van der Waals surface area contributed by atoms with Crippen LogP contribution in [0.25, 0.3) is 0 Å². The summed E-state index contributed by atoms with van der Waals surface area (Å²) in [6.45, 7) is 0.461. The fourth-order valence-electron chi connectivity index (χ4n) is 2.30. The third-order valence-corrected chi connectivity index (χ3v) is 3.76. The first-order chi connectivity index (χ1) is 12.0. The molecule has 0 radical (unpaired) electrons. The Labute approximate surface area is 146 Å². The monoisotopic (exact) mass is 342 g/mol. The molecule has 1 unspecified atom stereocenters. The number of carboxylic acids is 1. The lowest BCUT2D eigenvalue weighted by molar-refractivity contribution is 0.0697. The Morgan fingerprint density at radius 2 is 1.60 bits per heavy atom. The number of aryl methyl sites for hydroxylation is 1. The summed E-state index contributed by atoms with van der Waals surface area (Å²) in [6.07, 6.45) is 0.711. The van der Waals surface area contributed by atoms with Gasteiger partial charge in [-0.15, -0.1) is 0 Å². The normalized spacial score (nSPS) is 11.6. The van der Waals surface area contributed by atoms with Crippen LogP contribution in [0.15, 0.2) is 54.6 Å². The molecule has 0 bridgehead atoms. The van der Waals surface area contributed by atoms with Crippen LogP contribution in [0, 0.1) is 0 Å². The molecule has 132 valence electrons. The second-order valence-corrected chi connectivity index (χ2v) is 5.74. The van der Waals surface area contributed by atoms with Crippen LogP contribution in [0.2, 0.25) is 0 Å². The minimum absolute atomic E-state index is 0.177. The average Bonchev–Trinajstić information content (AvgIpc) is 2.64. The second-order valence-electron chi connectivity index (χ2n) is 5.74. The number of aromatic carboxylic acids is 1. The summed E-state index contributed by atoms with van der Waals surface area (Å²) in [7, 11) is 0. The van der Waals surface area contributed by atoms with E-state index in [-0.39, 0.29) is 24.7 Å². The van der Waals surface area contributed by atoms with Crippen LogP contribution in [-0.2, 0) is 13.0 Å². The zero-order valence-corrected chi connectivity index (χ0v) is 13.8. The van der Waals surface area contributed by atoms with Crippen molar-refractivity contribution in [2.45, 2.75) is 25.5 Å². The summed E-state index contributed by atoms with van der Waals surface area (Å²) in [5.41, 5.74) is 2.15. The van der Waals surface area contributed by atoms with Crippen molar-refractivity contribution in [1.82, 2.24) is 10.6 Å². The van der Waals surface area contributed by atoms with E-state index in [1.807, 2.05) is 30.3 Å². The van der Waals surface area contributed by atoms with E-state index in [0.29, 0.717) is 6.42 Å². The second kappa shape index (κ2) is 9.44. The third kappa shape index (κ3) is 6.64. The van der Waals surface area contributed by atoms with Gasteiger partial charge in [-0.25, -0.2) is 9.59 Å². The van der Waals surface area contributed by atoms with Gasteiger partial charge in [0.1, 0.15) is 0 Å². The van der Waals surface area contributed by atoms with Crippen molar-refractivity contribution in [3.05, 3.63) is 71.3 Å². The first kappa shape index (κ1) is 18.5. The number of urea groups is 1. The minimum Gasteiger partial charge on any atom is -0.478 e. The molecule has 0 spiro atoms. The predicted octanol–water partition coefficient (Wildman–Crippen LogP) is 2.18. The molecule has 0 aliphatic carbocycles. The molecule has 2 amide bonds. The maximum absolute atomic E-state index is 11.7. The van der Waals surface area contributed by atoms with Gasteiger partial charge < -0.3 is 20.8 Å². The summed E-state index contributed by atoms with van der Waals surface area (Å²) < 4.78 is 0. The van der Waals surface area contributed by atoms with Crippen molar-refractivity contribution in [3.63, 3.8) is 0 Å². The molecule has 1 atom stereocenters. The fraction of sp³-hybridized carbons (Fsp3) is 0.263. The van der Waals surface area contributed by atoms with E-state index in [1.54, 1.807) is 12.1 Å². The van der Waals surface area contributed by atoms with E-state index in [9.17, 15) is 14.7 Å². The van der Waals surface area contributed by atoms with Crippen LogP contribution in [0.5, 0.6) is 0 Å². The van der Waals surface area contributed by atoms with Crippen molar-refractivity contribution in [1.29, 1.82) is 0 Å². The Hall–Kier alpha value is -2.86. The molecule has 25 heavy (non-hydrogen) atoms. The minimum atomic E-state index is -0.984. The Morgan fingerprint density at radius 1 is 0.920 bits per heavy atom. The van der Waals surface area contributed by atoms with E-state index in [2.05, 4.69) is 10.6 Å². The highest BCUT2D eigenvalue weighted by molar-refractivity contribution is 5.87. The van der Waals surface area contributed by atoms with Crippen molar-refractivity contribution in [3.8, 4) is 0 Å². The molecule has 2 rings (SSSR count). The molecule has 0 saturated heterocycles. The molecule has 4 N–H and O–H groups in total. The van der Waals surface area contributed by atoms with E-state index >= 15 is 0 Å².